The number of hydrogen-bond acceptors (Lipinski definition) is 1. The summed E-state index contributed by atoms with van der Waals surface area (Å²) in [5, 5.41) is 10.3. The Labute approximate surface area is 89.3 Å². The first-order valence-electron chi connectivity index (χ1n) is 5.28. The van der Waals surface area contributed by atoms with Crippen LogP contribution < -0.4 is 0 Å². The summed E-state index contributed by atoms with van der Waals surface area (Å²) < 4.78 is 13.6. The Balaban J connectivity index is 2.47. The van der Waals surface area contributed by atoms with Crippen molar-refractivity contribution in [3.63, 3.8) is 0 Å². The SMILES string of the molecule is Cc1ccc(F)c(C2(O)C=CCCC2)c1. The lowest BCUT2D eigenvalue weighted by molar-refractivity contribution is 0.0687. The second-order valence-corrected chi connectivity index (χ2v) is 4.20. The van der Waals surface area contributed by atoms with E-state index in [-0.39, 0.29) is 5.82 Å². The van der Waals surface area contributed by atoms with Gasteiger partial charge in [-0.25, -0.2) is 4.39 Å². The largest absolute Gasteiger partial charge is 0.381 e. The molecule has 0 radical (unpaired) electrons. The molecule has 1 aliphatic carbocycles. The van der Waals surface area contributed by atoms with Crippen LogP contribution in [-0.4, -0.2) is 5.11 Å². The lowest BCUT2D eigenvalue weighted by Crippen LogP contribution is -2.26. The van der Waals surface area contributed by atoms with Crippen LogP contribution >= 0.6 is 0 Å². The van der Waals surface area contributed by atoms with Crippen molar-refractivity contribution in [3.8, 4) is 0 Å². The number of benzene rings is 1. The highest BCUT2D eigenvalue weighted by Crippen LogP contribution is 2.34. The molecule has 0 saturated heterocycles. The van der Waals surface area contributed by atoms with Crippen LogP contribution in [-0.2, 0) is 5.60 Å². The van der Waals surface area contributed by atoms with Crippen LogP contribution in [0.25, 0.3) is 0 Å². The van der Waals surface area contributed by atoms with E-state index in [4.69, 9.17) is 0 Å². The van der Waals surface area contributed by atoms with E-state index in [9.17, 15) is 9.50 Å². The fourth-order valence-electron chi connectivity index (χ4n) is 2.05. The summed E-state index contributed by atoms with van der Waals surface area (Å²) in [7, 11) is 0. The van der Waals surface area contributed by atoms with Crippen LogP contribution in [0.5, 0.6) is 0 Å². The van der Waals surface area contributed by atoms with Crippen molar-refractivity contribution in [3.05, 3.63) is 47.3 Å². The number of allylic oxidation sites excluding steroid dienone is 1. The maximum Gasteiger partial charge on any atom is 0.129 e. The van der Waals surface area contributed by atoms with Crippen LogP contribution in [0.1, 0.15) is 30.4 Å². The molecular formula is C13H15FO. The van der Waals surface area contributed by atoms with Crippen molar-refractivity contribution in [1.29, 1.82) is 0 Å². The smallest absolute Gasteiger partial charge is 0.129 e. The molecule has 0 amide bonds. The molecule has 1 aromatic rings. The van der Waals surface area contributed by atoms with E-state index in [2.05, 4.69) is 0 Å². The molecule has 80 valence electrons. The Morgan fingerprint density at radius 2 is 2.20 bits per heavy atom. The van der Waals surface area contributed by atoms with E-state index >= 15 is 0 Å². The Morgan fingerprint density at radius 1 is 1.40 bits per heavy atom. The molecule has 0 fully saturated rings. The molecule has 15 heavy (non-hydrogen) atoms. The Kier molecular flexibility index (Phi) is 2.61. The van der Waals surface area contributed by atoms with Gasteiger partial charge in [-0.2, -0.15) is 0 Å². The minimum Gasteiger partial charge on any atom is -0.381 e. The molecule has 0 bridgehead atoms. The van der Waals surface area contributed by atoms with E-state index in [1.165, 1.54) is 6.07 Å². The highest BCUT2D eigenvalue weighted by atomic mass is 19.1. The Hall–Kier alpha value is -1.15. The van der Waals surface area contributed by atoms with Crippen LogP contribution in [0, 0.1) is 12.7 Å². The Morgan fingerprint density at radius 3 is 2.87 bits per heavy atom. The molecule has 0 spiro atoms. The average molecular weight is 206 g/mol. The molecule has 0 aromatic heterocycles. The van der Waals surface area contributed by atoms with Crippen molar-refractivity contribution in [2.45, 2.75) is 31.8 Å². The van der Waals surface area contributed by atoms with E-state index in [0.717, 1.165) is 18.4 Å². The molecular weight excluding hydrogens is 191 g/mol. The average Bonchev–Trinajstić information content (AvgIpc) is 2.23. The van der Waals surface area contributed by atoms with Crippen molar-refractivity contribution in [2.24, 2.45) is 0 Å². The number of rotatable bonds is 1. The minimum atomic E-state index is -1.10. The van der Waals surface area contributed by atoms with Crippen molar-refractivity contribution >= 4 is 0 Å². The highest BCUT2D eigenvalue weighted by molar-refractivity contribution is 5.33. The second kappa shape index (κ2) is 3.78. The first-order valence-corrected chi connectivity index (χ1v) is 5.28. The fraction of sp³-hybridized carbons (Fsp3) is 0.385. The number of halogens is 1. The van der Waals surface area contributed by atoms with E-state index in [0.29, 0.717) is 12.0 Å². The third kappa shape index (κ3) is 1.95. The van der Waals surface area contributed by atoms with Gasteiger partial charge in [0.1, 0.15) is 11.4 Å². The topological polar surface area (TPSA) is 20.2 Å². The predicted molar refractivity (Wildman–Crippen MR) is 58.0 cm³/mol. The summed E-state index contributed by atoms with van der Waals surface area (Å²) in [6, 6.07) is 4.87. The van der Waals surface area contributed by atoms with Crippen molar-refractivity contribution in [1.82, 2.24) is 0 Å². The van der Waals surface area contributed by atoms with Gasteiger partial charge in [0.25, 0.3) is 0 Å². The van der Waals surface area contributed by atoms with E-state index in [1.807, 2.05) is 13.0 Å². The molecule has 1 atom stereocenters. The zero-order valence-electron chi connectivity index (χ0n) is 8.83. The standard InChI is InChI=1S/C13H15FO/c1-10-5-6-12(14)11(9-10)13(15)7-3-2-4-8-13/h3,5-7,9,15H,2,4,8H2,1H3. The molecule has 1 nitrogen and oxygen atoms in total. The molecule has 1 aliphatic rings. The highest BCUT2D eigenvalue weighted by Gasteiger charge is 2.30. The lowest BCUT2D eigenvalue weighted by Gasteiger charge is -2.28. The van der Waals surface area contributed by atoms with Gasteiger partial charge in [-0.1, -0.05) is 23.8 Å². The van der Waals surface area contributed by atoms with E-state index in [1.54, 1.807) is 18.2 Å². The summed E-state index contributed by atoms with van der Waals surface area (Å²) in [6.07, 6.45) is 6.11. The van der Waals surface area contributed by atoms with Gasteiger partial charge in [0.15, 0.2) is 0 Å². The quantitative estimate of drug-likeness (QED) is 0.700. The fourth-order valence-corrected chi connectivity index (χ4v) is 2.05. The van der Waals surface area contributed by atoms with E-state index < -0.39 is 5.60 Å². The maximum absolute atomic E-state index is 13.6. The molecule has 0 saturated carbocycles. The molecule has 1 N–H and O–H groups in total. The van der Waals surface area contributed by atoms with Gasteiger partial charge in [0.05, 0.1) is 0 Å². The normalized spacial score (nSPS) is 25.5. The molecule has 0 heterocycles. The summed E-state index contributed by atoms with van der Waals surface area (Å²) >= 11 is 0. The molecule has 2 rings (SSSR count). The Bertz CT molecular complexity index is 398. The zero-order chi connectivity index (χ0) is 10.9. The van der Waals surface area contributed by atoms with Crippen LogP contribution in [0.4, 0.5) is 4.39 Å². The molecule has 1 aromatic carbocycles. The van der Waals surface area contributed by atoms with Gasteiger partial charge in [-0.15, -0.1) is 0 Å². The van der Waals surface area contributed by atoms with Gasteiger partial charge in [-0.3, -0.25) is 0 Å². The van der Waals surface area contributed by atoms with Crippen LogP contribution in [0.2, 0.25) is 0 Å². The summed E-state index contributed by atoms with van der Waals surface area (Å²) in [5.74, 6) is -0.324. The maximum atomic E-state index is 13.6. The van der Waals surface area contributed by atoms with Gasteiger partial charge < -0.3 is 5.11 Å². The molecule has 0 aliphatic heterocycles. The van der Waals surface area contributed by atoms with Gasteiger partial charge in [0, 0.05) is 5.56 Å². The third-order valence-electron chi connectivity index (χ3n) is 2.91. The first-order chi connectivity index (χ1) is 7.12. The lowest BCUT2D eigenvalue weighted by atomic mass is 9.84. The summed E-state index contributed by atoms with van der Waals surface area (Å²) in [5.41, 5.74) is 0.270. The second-order valence-electron chi connectivity index (χ2n) is 4.20. The number of aliphatic hydroxyl groups is 1. The minimum absolute atomic E-state index is 0.324. The van der Waals surface area contributed by atoms with Gasteiger partial charge >= 0.3 is 0 Å². The van der Waals surface area contributed by atoms with Gasteiger partial charge in [-0.05, 0) is 38.3 Å². The van der Waals surface area contributed by atoms with Gasteiger partial charge in [0.2, 0.25) is 0 Å². The van der Waals surface area contributed by atoms with Crippen molar-refractivity contribution in [2.75, 3.05) is 0 Å². The predicted octanol–water partition coefficient (Wildman–Crippen LogP) is 3.06. The summed E-state index contributed by atoms with van der Waals surface area (Å²) in [4.78, 5) is 0. The summed E-state index contributed by atoms with van der Waals surface area (Å²) in [6.45, 7) is 1.90. The van der Waals surface area contributed by atoms with Crippen molar-refractivity contribution < 1.29 is 9.50 Å². The van der Waals surface area contributed by atoms with Crippen LogP contribution in [0.15, 0.2) is 30.4 Å². The molecule has 2 heteroatoms. The monoisotopic (exact) mass is 206 g/mol. The number of aryl methyl sites for hydroxylation is 1. The van der Waals surface area contributed by atoms with Crippen LogP contribution in [0.3, 0.4) is 0 Å². The zero-order valence-corrected chi connectivity index (χ0v) is 8.83. The number of hydrogen-bond donors (Lipinski definition) is 1. The third-order valence-corrected chi connectivity index (χ3v) is 2.91. The first kappa shape index (κ1) is 10.4. The molecule has 1 unspecified atom stereocenters.